The van der Waals surface area contributed by atoms with Gasteiger partial charge in [0.25, 0.3) is 0 Å². The van der Waals surface area contributed by atoms with E-state index in [0.717, 1.165) is 65.1 Å². The normalized spacial score (nSPS) is 45.5. The molecule has 29 heavy (non-hydrogen) atoms. The number of hydrogen-bond acceptors (Lipinski definition) is 7. The molecule has 4 fully saturated rings. The Morgan fingerprint density at radius 3 is 2.72 bits per heavy atom. The molecule has 7 heteroatoms. The largest absolute Gasteiger partial charge is 0.462 e. The first-order valence-electron chi connectivity index (χ1n) is 11.3. The van der Waals surface area contributed by atoms with Crippen molar-refractivity contribution < 1.29 is 24.1 Å². The summed E-state index contributed by atoms with van der Waals surface area (Å²) in [5.41, 5.74) is -1.80. The molecule has 2 heterocycles. The molecule has 0 aromatic heterocycles. The number of rotatable bonds is 6. The van der Waals surface area contributed by atoms with E-state index in [9.17, 15) is 9.90 Å². The van der Waals surface area contributed by atoms with E-state index in [2.05, 4.69) is 17.1 Å². The van der Waals surface area contributed by atoms with Gasteiger partial charge in [-0.05, 0) is 39.0 Å². The third-order valence-corrected chi connectivity index (χ3v) is 8.53. The van der Waals surface area contributed by atoms with Crippen molar-refractivity contribution in [1.82, 2.24) is 10.2 Å². The summed E-state index contributed by atoms with van der Waals surface area (Å²) in [5, 5.41) is 15.4. The zero-order valence-corrected chi connectivity index (χ0v) is 18.2. The van der Waals surface area contributed by atoms with E-state index in [1.54, 1.807) is 7.11 Å². The van der Waals surface area contributed by atoms with Gasteiger partial charge in [-0.3, -0.25) is 9.69 Å². The summed E-state index contributed by atoms with van der Waals surface area (Å²) in [6.45, 7) is 10.2. The maximum absolute atomic E-state index is 12.7. The van der Waals surface area contributed by atoms with Crippen LogP contribution < -0.4 is 5.32 Å². The zero-order chi connectivity index (χ0) is 20.7. The van der Waals surface area contributed by atoms with Crippen LogP contribution in [0.15, 0.2) is 0 Å². The van der Waals surface area contributed by atoms with Crippen molar-refractivity contribution in [2.24, 2.45) is 17.3 Å². The summed E-state index contributed by atoms with van der Waals surface area (Å²) in [5.74, 6) is -0.255. The van der Waals surface area contributed by atoms with Gasteiger partial charge in [-0.1, -0.05) is 6.92 Å². The fourth-order valence-electron chi connectivity index (χ4n) is 6.44. The molecule has 4 rings (SSSR count). The van der Waals surface area contributed by atoms with Crippen molar-refractivity contribution in [2.45, 2.75) is 63.3 Å². The molecule has 0 spiro atoms. The predicted molar refractivity (Wildman–Crippen MR) is 109 cm³/mol. The molecule has 7 nitrogen and oxygen atoms in total. The van der Waals surface area contributed by atoms with Gasteiger partial charge in [0.05, 0.1) is 30.3 Å². The van der Waals surface area contributed by atoms with E-state index in [1.165, 1.54) is 0 Å². The molecule has 2 unspecified atom stereocenters. The Labute approximate surface area is 174 Å². The molecule has 2 saturated carbocycles. The number of carbonyl (C=O) groups excluding carboxylic acids is 1. The summed E-state index contributed by atoms with van der Waals surface area (Å²) < 4.78 is 17.1. The maximum Gasteiger partial charge on any atom is 0.310 e. The van der Waals surface area contributed by atoms with Crippen LogP contribution in [0.25, 0.3) is 0 Å². The minimum absolute atomic E-state index is 0.0454. The number of carbonyl (C=O) groups is 1. The Morgan fingerprint density at radius 2 is 2.00 bits per heavy atom. The number of nitrogens with zero attached hydrogens (tertiary/aromatic N) is 1. The van der Waals surface area contributed by atoms with Gasteiger partial charge in [0.15, 0.2) is 0 Å². The minimum atomic E-state index is -0.936. The lowest BCUT2D eigenvalue weighted by Gasteiger charge is -2.62. The Bertz CT molecular complexity index is 612. The second kappa shape index (κ2) is 8.08. The quantitative estimate of drug-likeness (QED) is 0.503. The number of methoxy groups -OCH3 is 1. The molecule has 0 aromatic carbocycles. The van der Waals surface area contributed by atoms with Crippen LogP contribution in [-0.2, 0) is 19.0 Å². The average molecular weight is 411 g/mol. The number of hydrogen-bond donors (Lipinski definition) is 2. The van der Waals surface area contributed by atoms with Gasteiger partial charge < -0.3 is 24.6 Å². The van der Waals surface area contributed by atoms with E-state index in [1.807, 2.05) is 6.92 Å². The summed E-state index contributed by atoms with van der Waals surface area (Å²) in [6, 6.07) is 0. The number of morpholine rings is 1. The van der Waals surface area contributed by atoms with Crippen LogP contribution in [0, 0.1) is 17.3 Å². The fourth-order valence-corrected chi connectivity index (χ4v) is 6.44. The van der Waals surface area contributed by atoms with E-state index >= 15 is 0 Å². The van der Waals surface area contributed by atoms with Crippen LogP contribution in [0.3, 0.4) is 0 Å². The Kier molecular flexibility index (Phi) is 5.99. The highest BCUT2D eigenvalue weighted by molar-refractivity contribution is 5.75. The second-order valence-electron chi connectivity index (χ2n) is 10.0. The summed E-state index contributed by atoms with van der Waals surface area (Å²) in [6.07, 6.45) is 4.04. The monoisotopic (exact) mass is 410 g/mol. The molecular formula is C22H38N2O5. The van der Waals surface area contributed by atoms with Crippen LogP contribution in [0.5, 0.6) is 0 Å². The van der Waals surface area contributed by atoms with Gasteiger partial charge in [-0.25, -0.2) is 0 Å². The first-order valence-corrected chi connectivity index (χ1v) is 11.3. The van der Waals surface area contributed by atoms with Crippen molar-refractivity contribution in [1.29, 1.82) is 0 Å². The zero-order valence-electron chi connectivity index (χ0n) is 18.2. The smallest absolute Gasteiger partial charge is 0.310 e. The highest BCUT2D eigenvalue weighted by atomic mass is 16.6. The Balaban J connectivity index is 1.40. The standard InChI is InChI=1S/C22H38N2O5/c1-20-5-4-6-21(2,27-3)22(20,26)13-16-17(19(25)29-18(16)14-20)15-23-7-8-24-9-11-28-12-10-24/h16-18,23,26H,4-15H2,1-3H3/t16-,17?,18-,20-,21-,22?/m1/s1. The molecule has 166 valence electrons. The van der Waals surface area contributed by atoms with E-state index in [-0.39, 0.29) is 29.3 Å². The predicted octanol–water partition coefficient (Wildman–Crippen LogP) is 1.19. The molecule has 2 N–H and O–H groups in total. The van der Waals surface area contributed by atoms with Gasteiger partial charge in [-0.15, -0.1) is 0 Å². The lowest BCUT2D eigenvalue weighted by molar-refractivity contribution is -0.270. The number of esters is 1. The lowest BCUT2D eigenvalue weighted by Crippen LogP contribution is -2.69. The van der Waals surface area contributed by atoms with Crippen molar-refractivity contribution in [2.75, 3.05) is 53.0 Å². The van der Waals surface area contributed by atoms with Crippen molar-refractivity contribution in [3.63, 3.8) is 0 Å². The first-order chi connectivity index (χ1) is 13.8. The highest BCUT2D eigenvalue weighted by Gasteiger charge is 2.67. The van der Waals surface area contributed by atoms with E-state index in [0.29, 0.717) is 13.0 Å². The first kappa shape index (κ1) is 21.5. The van der Waals surface area contributed by atoms with Gasteiger partial charge in [0, 0.05) is 51.2 Å². The fraction of sp³-hybridized carbons (Fsp3) is 0.955. The van der Waals surface area contributed by atoms with Crippen molar-refractivity contribution in [3.8, 4) is 0 Å². The third kappa shape index (κ3) is 3.63. The van der Waals surface area contributed by atoms with Crippen molar-refractivity contribution >= 4 is 5.97 Å². The van der Waals surface area contributed by atoms with E-state index < -0.39 is 11.2 Å². The molecule has 2 aliphatic carbocycles. The van der Waals surface area contributed by atoms with Crippen LogP contribution in [-0.4, -0.2) is 86.3 Å². The number of ether oxygens (including phenoxy) is 3. The second-order valence-corrected chi connectivity index (χ2v) is 10.0. The van der Waals surface area contributed by atoms with Gasteiger partial charge >= 0.3 is 5.97 Å². The summed E-state index contributed by atoms with van der Waals surface area (Å²) in [4.78, 5) is 15.1. The van der Waals surface area contributed by atoms with Crippen LogP contribution in [0.1, 0.15) is 46.0 Å². The van der Waals surface area contributed by atoms with Crippen molar-refractivity contribution in [3.05, 3.63) is 0 Å². The molecule has 4 aliphatic rings. The Hall–Kier alpha value is -0.730. The van der Waals surface area contributed by atoms with Crippen LogP contribution >= 0.6 is 0 Å². The highest BCUT2D eigenvalue weighted by Crippen LogP contribution is 2.61. The van der Waals surface area contributed by atoms with Gasteiger partial charge in [0.2, 0.25) is 0 Å². The Morgan fingerprint density at radius 1 is 1.24 bits per heavy atom. The molecule has 2 saturated heterocycles. The SMILES string of the molecule is CO[C@]1(C)CCC[C@]2(C)C[C@H]3OC(=O)C(CNCCN4CCOCC4)[C@H]3CC21O. The number of aliphatic hydroxyl groups is 1. The summed E-state index contributed by atoms with van der Waals surface area (Å²) in [7, 11) is 1.71. The maximum atomic E-state index is 12.7. The average Bonchev–Trinajstić information content (AvgIpc) is 2.99. The van der Waals surface area contributed by atoms with Gasteiger partial charge in [0.1, 0.15) is 6.10 Å². The molecule has 0 bridgehead atoms. The molecule has 2 aliphatic heterocycles. The molecule has 6 atom stereocenters. The van der Waals surface area contributed by atoms with E-state index in [4.69, 9.17) is 14.2 Å². The number of nitrogens with one attached hydrogen (secondary N) is 1. The minimum Gasteiger partial charge on any atom is -0.462 e. The molecule has 0 amide bonds. The van der Waals surface area contributed by atoms with Crippen LogP contribution in [0.4, 0.5) is 0 Å². The summed E-state index contributed by atoms with van der Waals surface area (Å²) >= 11 is 0. The molecule has 0 radical (unpaired) electrons. The van der Waals surface area contributed by atoms with Crippen LogP contribution in [0.2, 0.25) is 0 Å². The molecule has 0 aromatic rings. The number of fused-ring (bicyclic) bond motifs is 2. The lowest BCUT2D eigenvalue weighted by atomic mass is 9.49. The molecular weight excluding hydrogens is 372 g/mol. The van der Waals surface area contributed by atoms with Gasteiger partial charge in [-0.2, -0.15) is 0 Å². The third-order valence-electron chi connectivity index (χ3n) is 8.53. The topological polar surface area (TPSA) is 80.3 Å².